The Morgan fingerprint density at radius 1 is 0.955 bits per heavy atom. The number of aliphatic hydroxyl groups is 1. The van der Waals surface area contributed by atoms with Crippen molar-refractivity contribution in [2.24, 2.45) is 0 Å². The molecule has 3 amide bonds. The van der Waals surface area contributed by atoms with Crippen LogP contribution in [0.25, 0.3) is 0 Å². The average Bonchev–Trinajstić information content (AvgIpc) is 3.04. The number of nitrogens with one attached hydrogen (secondary N) is 2. The predicted octanol–water partition coefficient (Wildman–Crippen LogP) is 4.43. The molecule has 2 aromatic rings. The summed E-state index contributed by atoms with van der Waals surface area (Å²) in [5.74, 6) is 1.21. The van der Waals surface area contributed by atoms with Crippen LogP contribution in [-0.2, 0) is 16.0 Å². The van der Waals surface area contributed by atoms with Crippen LogP contribution in [0.15, 0.2) is 48.5 Å². The molecule has 2 aliphatic heterocycles. The Kier molecular flexibility index (Phi) is 10.3. The van der Waals surface area contributed by atoms with Gasteiger partial charge in [-0.2, -0.15) is 0 Å². The monoisotopic (exact) mass is 604 g/mol. The second-order valence-electron chi connectivity index (χ2n) is 12.8. The number of benzene rings is 2. The first-order valence-electron chi connectivity index (χ1n) is 16.4. The second kappa shape index (κ2) is 14.1. The molecular weight excluding hydrogens is 556 g/mol. The van der Waals surface area contributed by atoms with Gasteiger partial charge in [0.25, 0.3) is 5.91 Å². The average molecular weight is 605 g/mol. The van der Waals surface area contributed by atoms with Crippen LogP contribution in [0.1, 0.15) is 87.1 Å². The second-order valence-corrected chi connectivity index (χ2v) is 12.8. The fourth-order valence-electron chi connectivity index (χ4n) is 7.06. The van der Waals surface area contributed by atoms with Crippen molar-refractivity contribution in [3.8, 4) is 11.5 Å². The SMILES string of the molecule is CCCCN1C(=O)[C@@H](CC2(O)CCCCC2)NC(=O)C12CCN(CCc1ccc(Oc3ccc(C(=O)NC)cc3)cc1)CC2. The van der Waals surface area contributed by atoms with E-state index in [0.717, 1.165) is 63.9 Å². The van der Waals surface area contributed by atoms with Crippen molar-refractivity contribution >= 4 is 17.7 Å². The molecule has 0 unspecified atom stereocenters. The third-order valence-corrected chi connectivity index (χ3v) is 9.81. The van der Waals surface area contributed by atoms with Crippen molar-refractivity contribution in [2.75, 3.05) is 33.2 Å². The van der Waals surface area contributed by atoms with Crippen molar-refractivity contribution in [3.05, 3.63) is 59.7 Å². The number of unbranched alkanes of at least 4 members (excludes halogenated alkanes) is 1. The normalized spacial score (nSPS) is 21.6. The van der Waals surface area contributed by atoms with E-state index < -0.39 is 17.2 Å². The molecule has 9 nitrogen and oxygen atoms in total. The van der Waals surface area contributed by atoms with Crippen LogP contribution in [0, 0.1) is 0 Å². The minimum Gasteiger partial charge on any atom is -0.457 e. The minimum absolute atomic E-state index is 0.0183. The third-order valence-electron chi connectivity index (χ3n) is 9.81. The number of likely N-dealkylation sites (tertiary alicyclic amines) is 1. The lowest BCUT2D eigenvalue weighted by molar-refractivity contribution is -0.163. The van der Waals surface area contributed by atoms with Crippen molar-refractivity contribution in [1.82, 2.24) is 20.4 Å². The molecule has 2 heterocycles. The maximum atomic E-state index is 13.8. The molecule has 5 rings (SSSR count). The summed E-state index contributed by atoms with van der Waals surface area (Å²) in [5, 5.41) is 16.8. The van der Waals surface area contributed by atoms with Crippen molar-refractivity contribution in [1.29, 1.82) is 0 Å². The Hall–Kier alpha value is -3.43. The van der Waals surface area contributed by atoms with E-state index in [-0.39, 0.29) is 17.7 Å². The first kappa shape index (κ1) is 32.0. The van der Waals surface area contributed by atoms with Gasteiger partial charge in [0.2, 0.25) is 11.8 Å². The molecule has 44 heavy (non-hydrogen) atoms. The highest BCUT2D eigenvalue weighted by molar-refractivity contribution is 6.00. The van der Waals surface area contributed by atoms with E-state index in [0.29, 0.717) is 50.0 Å². The topological polar surface area (TPSA) is 111 Å². The maximum absolute atomic E-state index is 13.8. The molecule has 2 saturated heterocycles. The number of ether oxygens (including phenoxy) is 1. The number of amides is 3. The van der Waals surface area contributed by atoms with Gasteiger partial charge in [-0.05, 0) is 80.5 Å². The highest BCUT2D eigenvalue weighted by Gasteiger charge is 2.54. The molecule has 3 aliphatic rings. The van der Waals surface area contributed by atoms with Gasteiger partial charge in [0, 0.05) is 45.2 Å². The Labute approximate surface area is 261 Å². The number of carbonyl (C=O) groups excluding carboxylic acids is 3. The van der Waals surface area contributed by atoms with Crippen molar-refractivity contribution in [2.45, 2.75) is 94.7 Å². The molecule has 0 aromatic heterocycles. The van der Waals surface area contributed by atoms with Crippen LogP contribution in [0.2, 0.25) is 0 Å². The largest absolute Gasteiger partial charge is 0.457 e. The van der Waals surface area contributed by atoms with E-state index in [2.05, 4.69) is 34.6 Å². The van der Waals surface area contributed by atoms with Gasteiger partial charge < -0.3 is 30.3 Å². The lowest BCUT2D eigenvalue weighted by Crippen LogP contribution is -2.73. The highest BCUT2D eigenvalue weighted by atomic mass is 16.5. The first-order valence-corrected chi connectivity index (χ1v) is 16.4. The fraction of sp³-hybridized carbons (Fsp3) is 0.571. The third kappa shape index (κ3) is 7.26. The molecular formula is C35H48N4O5. The first-order chi connectivity index (χ1) is 21.2. The molecule has 1 spiro atoms. The summed E-state index contributed by atoms with van der Waals surface area (Å²) >= 11 is 0. The zero-order valence-corrected chi connectivity index (χ0v) is 26.3. The number of piperidine rings is 1. The van der Waals surface area contributed by atoms with Gasteiger partial charge in [-0.25, -0.2) is 0 Å². The zero-order valence-electron chi connectivity index (χ0n) is 26.3. The number of nitrogens with zero attached hydrogens (tertiary/aromatic N) is 2. The summed E-state index contributed by atoms with van der Waals surface area (Å²) in [7, 11) is 1.61. The van der Waals surface area contributed by atoms with Crippen LogP contribution in [-0.4, -0.2) is 83.0 Å². The van der Waals surface area contributed by atoms with E-state index in [1.165, 1.54) is 5.56 Å². The maximum Gasteiger partial charge on any atom is 0.251 e. The number of carbonyl (C=O) groups is 3. The van der Waals surface area contributed by atoms with Crippen molar-refractivity contribution < 1.29 is 24.2 Å². The summed E-state index contributed by atoms with van der Waals surface area (Å²) in [6.45, 7) is 5.08. The van der Waals surface area contributed by atoms with Crippen LogP contribution in [0.5, 0.6) is 11.5 Å². The standard InChI is InChI=1S/C35H48N4O5/c1-3-4-21-39-32(41)30(25-34(43)17-6-5-7-18-34)37-33(42)35(39)19-23-38(24-20-35)22-16-26-8-12-28(13-9-26)44-29-14-10-27(11-15-29)31(40)36-2/h8-15,30,43H,3-7,16-25H2,1-2H3,(H,36,40)(H,37,42)/t30-/m1/s1. The minimum atomic E-state index is -0.861. The van der Waals surface area contributed by atoms with E-state index in [4.69, 9.17) is 4.74 Å². The molecule has 1 aliphatic carbocycles. The van der Waals surface area contributed by atoms with E-state index in [9.17, 15) is 19.5 Å². The van der Waals surface area contributed by atoms with E-state index in [1.54, 1.807) is 31.3 Å². The van der Waals surface area contributed by atoms with Gasteiger partial charge in [0.05, 0.1) is 5.60 Å². The number of rotatable bonds is 11. The van der Waals surface area contributed by atoms with E-state index in [1.807, 2.05) is 17.0 Å². The fourth-order valence-corrected chi connectivity index (χ4v) is 7.06. The zero-order chi connectivity index (χ0) is 31.2. The van der Waals surface area contributed by atoms with Gasteiger partial charge >= 0.3 is 0 Å². The smallest absolute Gasteiger partial charge is 0.251 e. The van der Waals surface area contributed by atoms with Gasteiger partial charge in [-0.1, -0.05) is 44.7 Å². The molecule has 1 atom stereocenters. The summed E-state index contributed by atoms with van der Waals surface area (Å²) in [6, 6.07) is 14.5. The number of piperazine rings is 1. The highest BCUT2D eigenvalue weighted by Crippen LogP contribution is 2.37. The molecule has 238 valence electrons. The quantitative estimate of drug-likeness (QED) is 0.350. The van der Waals surface area contributed by atoms with Crippen LogP contribution in [0.3, 0.4) is 0 Å². The van der Waals surface area contributed by atoms with E-state index >= 15 is 0 Å². The lowest BCUT2D eigenvalue weighted by Gasteiger charge is -2.52. The molecule has 3 fully saturated rings. The molecule has 9 heteroatoms. The van der Waals surface area contributed by atoms with Gasteiger partial charge in [-0.3, -0.25) is 14.4 Å². The molecule has 0 radical (unpaired) electrons. The van der Waals surface area contributed by atoms with Gasteiger partial charge in [0.1, 0.15) is 23.1 Å². The molecule has 2 aromatic carbocycles. The lowest BCUT2D eigenvalue weighted by atomic mass is 9.77. The summed E-state index contributed by atoms with van der Waals surface area (Å²) < 4.78 is 5.95. The van der Waals surface area contributed by atoms with Crippen LogP contribution >= 0.6 is 0 Å². The van der Waals surface area contributed by atoms with Gasteiger partial charge in [-0.15, -0.1) is 0 Å². The molecule has 0 bridgehead atoms. The number of hydrogen-bond acceptors (Lipinski definition) is 6. The summed E-state index contributed by atoms with van der Waals surface area (Å²) in [5.41, 5.74) is 0.124. The van der Waals surface area contributed by atoms with Crippen LogP contribution < -0.4 is 15.4 Å². The van der Waals surface area contributed by atoms with Gasteiger partial charge in [0.15, 0.2) is 0 Å². The predicted molar refractivity (Wildman–Crippen MR) is 170 cm³/mol. The Balaban J connectivity index is 1.14. The molecule has 1 saturated carbocycles. The summed E-state index contributed by atoms with van der Waals surface area (Å²) in [6.07, 6.45) is 8.71. The van der Waals surface area contributed by atoms with Crippen molar-refractivity contribution in [3.63, 3.8) is 0 Å². The Bertz CT molecular complexity index is 1280. The molecule has 3 N–H and O–H groups in total. The summed E-state index contributed by atoms with van der Waals surface area (Å²) in [4.78, 5) is 43.5. The van der Waals surface area contributed by atoms with Crippen LogP contribution in [0.4, 0.5) is 0 Å². The number of hydrogen-bond donors (Lipinski definition) is 3. The Morgan fingerprint density at radius 3 is 2.20 bits per heavy atom. The Morgan fingerprint density at radius 2 is 1.59 bits per heavy atom.